The van der Waals surface area contributed by atoms with E-state index in [-0.39, 0.29) is 5.15 Å². The van der Waals surface area contributed by atoms with E-state index in [1.807, 2.05) is 0 Å². The third-order valence-electron chi connectivity index (χ3n) is 1.39. The molecule has 0 aliphatic carbocycles. The first-order chi connectivity index (χ1) is 7.09. The fourth-order valence-corrected chi connectivity index (χ4v) is 0.967. The van der Waals surface area contributed by atoms with Crippen LogP contribution in [-0.4, -0.2) is 22.0 Å². The average Bonchev–Trinajstić information content (AvgIpc) is 2.18. The highest BCUT2D eigenvalue weighted by Crippen LogP contribution is 2.16. The zero-order valence-corrected chi connectivity index (χ0v) is 8.23. The van der Waals surface area contributed by atoms with Crippen LogP contribution >= 0.6 is 11.6 Å². The molecular formula is C9H7ClN2O3. The summed E-state index contributed by atoms with van der Waals surface area (Å²) >= 11 is 5.66. The molecular weight excluding hydrogens is 220 g/mol. The number of nitrogens with zero attached hydrogens (tertiary/aromatic N) is 1. The largest absolute Gasteiger partial charge is 0.478 e. The molecule has 1 aromatic heterocycles. The zero-order valence-electron chi connectivity index (χ0n) is 7.48. The van der Waals surface area contributed by atoms with Crippen molar-refractivity contribution in [1.82, 2.24) is 4.98 Å². The molecule has 2 N–H and O–H groups in total. The van der Waals surface area contributed by atoms with Gasteiger partial charge in [0.05, 0.1) is 5.69 Å². The van der Waals surface area contributed by atoms with Crippen LogP contribution in [0.3, 0.4) is 0 Å². The maximum Gasteiger partial charge on any atom is 0.328 e. The predicted octanol–water partition coefficient (Wildman–Crippen LogP) is 1.31. The van der Waals surface area contributed by atoms with Gasteiger partial charge in [0.1, 0.15) is 0 Å². The summed E-state index contributed by atoms with van der Waals surface area (Å²) < 4.78 is 0. The summed E-state index contributed by atoms with van der Waals surface area (Å²) in [6.45, 7) is 0. The summed E-state index contributed by atoms with van der Waals surface area (Å²) in [5.74, 6) is -1.77. The van der Waals surface area contributed by atoms with Crippen LogP contribution in [0.1, 0.15) is 0 Å². The van der Waals surface area contributed by atoms with E-state index < -0.39 is 11.9 Å². The van der Waals surface area contributed by atoms with Gasteiger partial charge < -0.3 is 10.4 Å². The van der Waals surface area contributed by atoms with Gasteiger partial charge in [0.25, 0.3) is 0 Å². The lowest BCUT2D eigenvalue weighted by Gasteiger charge is -2.02. The first kappa shape index (κ1) is 11.2. The summed E-state index contributed by atoms with van der Waals surface area (Å²) in [6, 6.07) is 3.16. The molecule has 1 heterocycles. The van der Waals surface area contributed by atoms with Crippen LogP contribution in [0.4, 0.5) is 5.69 Å². The Bertz CT molecular complexity index is 418. The van der Waals surface area contributed by atoms with Crippen molar-refractivity contribution in [2.75, 3.05) is 5.32 Å². The second kappa shape index (κ2) is 5.11. The van der Waals surface area contributed by atoms with Crippen molar-refractivity contribution in [3.8, 4) is 0 Å². The third kappa shape index (κ3) is 3.78. The Morgan fingerprint density at radius 1 is 1.47 bits per heavy atom. The number of hydrogen-bond acceptors (Lipinski definition) is 3. The van der Waals surface area contributed by atoms with E-state index in [1.165, 1.54) is 6.20 Å². The molecule has 5 nitrogen and oxygen atoms in total. The standard InChI is InChI=1S/C9H7ClN2O3/c10-9-6(2-1-5-11-9)12-7(13)3-4-8(14)15/h1-5H,(H,12,13)(H,14,15)/b4-3+. The van der Waals surface area contributed by atoms with Gasteiger partial charge in [-0.15, -0.1) is 0 Å². The number of halogens is 1. The van der Waals surface area contributed by atoms with Crippen LogP contribution < -0.4 is 5.32 Å². The minimum absolute atomic E-state index is 0.148. The number of pyridine rings is 1. The van der Waals surface area contributed by atoms with Gasteiger partial charge in [0, 0.05) is 18.3 Å². The Morgan fingerprint density at radius 3 is 2.80 bits per heavy atom. The van der Waals surface area contributed by atoms with Crippen molar-refractivity contribution in [1.29, 1.82) is 0 Å². The van der Waals surface area contributed by atoms with Gasteiger partial charge in [0.15, 0.2) is 5.15 Å². The van der Waals surface area contributed by atoms with E-state index in [0.717, 1.165) is 12.2 Å². The second-order valence-corrected chi connectivity index (χ2v) is 2.86. The Hall–Kier alpha value is -1.88. The highest BCUT2D eigenvalue weighted by molar-refractivity contribution is 6.32. The SMILES string of the molecule is O=C(O)/C=C/C(=O)Nc1cccnc1Cl. The summed E-state index contributed by atoms with van der Waals surface area (Å²) in [7, 11) is 0. The number of nitrogens with one attached hydrogen (secondary N) is 1. The second-order valence-electron chi connectivity index (χ2n) is 2.50. The van der Waals surface area contributed by atoms with Crippen LogP contribution in [-0.2, 0) is 9.59 Å². The molecule has 0 fully saturated rings. The lowest BCUT2D eigenvalue weighted by molar-refractivity contribution is -0.131. The molecule has 78 valence electrons. The van der Waals surface area contributed by atoms with Gasteiger partial charge in [-0.1, -0.05) is 11.6 Å². The van der Waals surface area contributed by atoms with Gasteiger partial charge in [-0.3, -0.25) is 4.79 Å². The molecule has 1 aromatic rings. The number of carboxylic acids is 1. The van der Waals surface area contributed by atoms with E-state index >= 15 is 0 Å². The van der Waals surface area contributed by atoms with Crippen molar-refractivity contribution in [2.24, 2.45) is 0 Å². The molecule has 0 radical (unpaired) electrons. The lowest BCUT2D eigenvalue weighted by atomic mass is 10.4. The first-order valence-electron chi connectivity index (χ1n) is 3.92. The van der Waals surface area contributed by atoms with E-state index in [1.54, 1.807) is 12.1 Å². The molecule has 0 saturated carbocycles. The Morgan fingerprint density at radius 2 is 2.20 bits per heavy atom. The molecule has 1 rings (SSSR count). The molecule has 0 unspecified atom stereocenters. The summed E-state index contributed by atoms with van der Waals surface area (Å²) in [4.78, 5) is 25.0. The predicted molar refractivity (Wildman–Crippen MR) is 54.7 cm³/mol. The van der Waals surface area contributed by atoms with Gasteiger partial charge in [-0.2, -0.15) is 0 Å². The van der Waals surface area contributed by atoms with Crippen LogP contribution in [0, 0.1) is 0 Å². The summed E-state index contributed by atoms with van der Waals surface area (Å²) in [6.07, 6.45) is 3.11. The zero-order chi connectivity index (χ0) is 11.3. The van der Waals surface area contributed by atoms with E-state index in [4.69, 9.17) is 16.7 Å². The van der Waals surface area contributed by atoms with Crippen LogP contribution in [0.2, 0.25) is 5.15 Å². The number of carboxylic acid groups (broad SMARTS) is 1. The van der Waals surface area contributed by atoms with Gasteiger partial charge >= 0.3 is 5.97 Å². The maximum absolute atomic E-state index is 11.1. The molecule has 0 aliphatic rings. The highest BCUT2D eigenvalue weighted by atomic mass is 35.5. The minimum atomic E-state index is -1.19. The summed E-state index contributed by atoms with van der Waals surface area (Å²) in [5, 5.41) is 10.8. The van der Waals surface area contributed by atoms with Crippen LogP contribution in [0.25, 0.3) is 0 Å². The van der Waals surface area contributed by atoms with Crippen LogP contribution in [0.15, 0.2) is 30.5 Å². The molecule has 0 aliphatic heterocycles. The molecule has 0 aromatic carbocycles. The molecule has 15 heavy (non-hydrogen) atoms. The normalized spacial score (nSPS) is 10.2. The fourth-order valence-electron chi connectivity index (χ4n) is 0.801. The minimum Gasteiger partial charge on any atom is -0.478 e. The van der Waals surface area contributed by atoms with Gasteiger partial charge in [-0.25, -0.2) is 9.78 Å². The number of anilines is 1. The number of amides is 1. The van der Waals surface area contributed by atoms with Gasteiger partial charge in [-0.05, 0) is 12.1 Å². The first-order valence-corrected chi connectivity index (χ1v) is 4.30. The summed E-state index contributed by atoms with van der Waals surface area (Å²) in [5.41, 5.74) is 0.333. The topological polar surface area (TPSA) is 79.3 Å². The Labute approximate surface area is 90.4 Å². The van der Waals surface area contributed by atoms with Crippen molar-refractivity contribution >= 4 is 29.2 Å². The molecule has 6 heteroatoms. The monoisotopic (exact) mass is 226 g/mol. The van der Waals surface area contributed by atoms with E-state index in [0.29, 0.717) is 5.69 Å². The fraction of sp³-hybridized carbons (Fsp3) is 0. The van der Waals surface area contributed by atoms with Crippen molar-refractivity contribution in [3.05, 3.63) is 35.6 Å². The smallest absolute Gasteiger partial charge is 0.328 e. The number of aromatic nitrogens is 1. The van der Waals surface area contributed by atoms with Crippen molar-refractivity contribution < 1.29 is 14.7 Å². The molecule has 1 amide bonds. The van der Waals surface area contributed by atoms with Gasteiger partial charge in [0.2, 0.25) is 5.91 Å². The Balaban J connectivity index is 2.67. The Kier molecular flexibility index (Phi) is 3.82. The lowest BCUT2D eigenvalue weighted by Crippen LogP contribution is -2.09. The average molecular weight is 227 g/mol. The maximum atomic E-state index is 11.1. The van der Waals surface area contributed by atoms with Crippen molar-refractivity contribution in [3.63, 3.8) is 0 Å². The van der Waals surface area contributed by atoms with E-state index in [9.17, 15) is 9.59 Å². The van der Waals surface area contributed by atoms with E-state index in [2.05, 4.69) is 10.3 Å². The number of carbonyl (C=O) groups is 2. The number of hydrogen-bond donors (Lipinski definition) is 2. The third-order valence-corrected chi connectivity index (χ3v) is 1.70. The number of aliphatic carboxylic acids is 1. The number of rotatable bonds is 3. The molecule has 0 atom stereocenters. The van der Waals surface area contributed by atoms with Crippen molar-refractivity contribution in [2.45, 2.75) is 0 Å². The molecule has 0 bridgehead atoms. The quantitative estimate of drug-likeness (QED) is 0.602. The van der Waals surface area contributed by atoms with Crippen LogP contribution in [0.5, 0.6) is 0 Å². The molecule has 0 spiro atoms. The number of carbonyl (C=O) groups excluding carboxylic acids is 1. The highest BCUT2D eigenvalue weighted by Gasteiger charge is 2.02. The molecule has 0 saturated heterocycles.